The zero-order valence-corrected chi connectivity index (χ0v) is 12.2. The van der Waals surface area contributed by atoms with Gasteiger partial charge in [0.15, 0.2) is 0 Å². The summed E-state index contributed by atoms with van der Waals surface area (Å²) in [5, 5.41) is 13.9. The molecular weight excluding hydrogens is 295 g/mol. The highest BCUT2D eigenvalue weighted by Gasteiger charge is 2.30. The lowest BCUT2D eigenvalue weighted by atomic mass is 9.83. The van der Waals surface area contributed by atoms with E-state index in [1.807, 2.05) is 0 Å². The smallest absolute Gasteiger partial charge is 0.138 e. The van der Waals surface area contributed by atoms with Crippen molar-refractivity contribution in [2.45, 2.75) is 37.3 Å². The van der Waals surface area contributed by atoms with Crippen LogP contribution in [0.2, 0.25) is 0 Å². The number of rotatable bonds is 2. The van der Waals surface area contributed by atoms with Crippen molar-refractivity contribution in [2.24, 2.45) is 5.73 Å². The highest BCUT2D eigenvalue weighted by molar-refractivity contribution is 5.85. The minimum Gasteiger partial charge on any atom is -0.392 e. The molecule has 0 aliphatic heterocycles. The number of hydrogen-bond donors (Lipinski definition) is 2. The number of aromatic nitrogens is 3. The van der Waals surface area contributed by atoms with Crippen molar-refractivity contribution in [1.29, 1.82) is 0 Å². The molecule has 7 heteroatoms. The van der Waals surface area contributed by atoms with Crippen molar-refractivity contribution in [3.8, 4) is 5.69 Å². The van der Waals surface area contributed by atoms with Crippen LogP contribution in [0.3, 0.4) is 0 Å². The van der Waals surface area contributed by atoms with E-state index in [1.54, 1.807) is 16.8 Å². The van der Waals surface area contributed by atoms with Gasteiger partial charge in [-0.15, -0.1) is 12.4 Å². The van der Waals surface area contributed by atoms with Crippen LogP contribution in [0.5, 0.6) is 0 Å². The first kappa shape index (κ1) is 15.9. The van der Waals surface area contributed by atoms with E-state index in [2.05, 4.69) is 10.1 Å². The van der Waals surface area contributed by atoms with Gasteiger partial charge < -0.3 is 10.8 Å². The van der Waals surface area contributed by atoms with E-state index in [9.17, 15) is 9.50 Å². The Bertz CT molecular complexity index is 589. The lowest BCUT2D eigenvalue weighted by molar-refractivity contribution is 0.0989. The summed E-state index contributed by atoms with van der Waals surface area (Å²) in [6.07, 6.45) is 3.24. The van der Waals surface area contributed by atoms with Crippen LogP contribution in [0.15, 0.2) is 30.6 Å². The molecule has 1 aromatic carbocycles. The quantitative estimate of drug-likeness (QED) is 0.886. The monoisotopic (exact) mass is 312 g/mol. The standard InChI is InChI=1S/C14H17FN4O.ClH/c15-10-2-4-11(5-3-10)19-14(17-8-18-19)9-1-6-13(20)12(16)7-9;/h2-5,8-9,12-13,20H,1,6-7,16H2;1H/t9-,12+,13+;/m0./s1. The fraction of sp³-hybridized carbons (Fsp3) is 0.429. The molecule has 3 N–H and O–H groups in total. The number of benzene rings is 1. The second-order valence-corrected chi connectivity index (χ2v) is 5.25. The highest BCUT2D eigenvalue weighted by atomic mass is 35.5. The fourth-order valence-electron chi connectivity index (χ4n) is 2.73. The van der Waals surface area contributed by atoms with Gasteiger partial charge in [-0.3, -0.25) is 0 Å². The lowest BCUT2D eigenvalue weighted by Gasteiger charge is -2.30. The van der Waals surface area contributed by atoms with Crippen molar-refractivity contribution in [3.63, 3.8) is 0 Å². The van der Waals surface area contributed by atoms with Crippen molar-refractivity contribution < 1.29 is 9.50 Å². The van der Waals surface area contributed by atoms with Gasteiger partial charge in [0.25, 0.3) is 0 Å². The zero-order chi connectivity index (χ0) is 14.1. The van der Waals surface area contributed by atoms with Gasteiger partial charge in [-0.25, -0.2) is 14.1 Å². The van der Waals surface area contributed by atoms with E-state index in [0.29, 0.717) is 12.8 Å². The summed E-state index contributed by atoms with van der Waals surface area (Å²) in [5.41, 5.74) is 6.70. The summed E-state index contributed by atoms with van der Waals surface area (Å²) in [6, 6.07) is 5.91. The topological polar surface area (TPSA) is 77.0 Å². The molecule has 0 bridgehead atoms. The van der Waals surface area contributed by atoms with Gasteiger partial charge in [-0.1, -0.05) is 0 Å². The molecular formula is C14H18ClFN4O. The van der Waals surface area contributed by atoms with E-state index in [0.717, 1.165) is 17.9 Å². The van der Waals surface area contributed by atoms with Gasteiger partial charge in [0.1, 0.15) is 18.0 Å². The van der Waals surface area contributed by atoms with E-state index >= 15 is 0 Å². The van der Waals surface area contributed by atoms with E-state index in [4.69, 9.17) is 5.73 Å². The van der Waals surface area contributed by atoms with Crippen molar-refractivity contribution in [2.75, 3.05) is 0 Å². The van der Waals surface area contributed by atoms with Gasteiger partial charge in [-0.05, 0) is 43.5 Å². The van der Waals surface area contributed by atoms with Crippen molar-refractivity contribution in [3.05, 3.63) is 42.2 Å². The molecule has 1 fully saturated rings. The average molecular weight is 313 g/mol. The van der Waals surface area contributed by atoms with Crippen LogP contribution in [0.1, 0.15) is 31.0 Å². The lowest BCUT2D eigenvalue weighted by Crippen LogP contribution is -2.40. The van der Waals surface area contributed by atoms with E-state index < -0.39 is 6.10 Å². The molecule has 21 heavy (non-hydrogen) atoms. The van der Waals surface area contributed by atoms with Crippen molar-refractivity contribution in [1.82, 2.24) is 14.8 Å². The van der Waals surface area contributed by atoms with Crippen LogP contribution in [-0.4, -0.2) is 32.0 Å². The minimum absolute atomic E-state index is 0. The Morgan fingerprint density at radius 3 is 2.62 bits per heavy atom. The highest BCUT2D eigenvalue weighted by Crippen LogP contribution is 2.32. The Morgan fingerprint density at radius 1 is 1.24 bits per heavy atom. The summed E-state index contributed by atoms with van der Waals surface area (Å²) >= 11 is 0. The summed E-state index contributed by atoms with van der Waals surface area (Å²) in [5.74, 6) is 0.707. The number of halogens is 2. The van der Waals surface area contributed by atoms with Crippen LogP contribution in [0, 0.1) is 5.82 Å². The van der Waals surface area contributed by atoms with Gasteiger partial charge in [0.05, 0.1) is 11.8 Å². The fourth-order valence-corrected chi connectivity index (χ4v) is 2.73. The van der Waals surface area contributed by atoms with Crippen molar-refractivity contribution >= 4 is 12.4 Å². The van der Waals surface area contributed by atoms with Gasteiger partial charge in [-0.2, -0.15) is 5.10 Å². The molecule has 5 nitrogen and oxygen atoms in total. The van der Waals surface area contributed by atoms with E-state index in [1.165, 1.54) is 18.5 Å². The molecule has 1 aliphatic carbocycles. The summed E-state index contributed by atoms with van der Waals surface area (Å²) in [6.45, 7) is 0. The Morgan fingerprint density at radius 2 is 1.95 bits per heavy atom. The Balaban J connectivity index is 0.00000161. The van der Waals surface area contributed by atoms with Crippen LogP contribution in [0.25, 0.3) is 5.69 Å². The zero-order valence-electron chi connectivity index (χ0n) is 11.4. The maximum Gasteiger partial charge on any atom is 0.138 e. The van der Waals surface area contributed by atoms with Crippen LogP contribution in [0.4, 0.5) is 4.39 Å². The number of nitrogens with two attached hydrogens (primary N) is 1. The van der Waals surface area contributed by atoms with Crippen LogP contribution >= 0.6 is 12.4 Å². The summed E-state index contributed by atoms with van der Waals surface area (Å²) in [7, 11) is 0. The molecule has 114 valence electrons. The largest absolute Gasteiger partial charge is 0.392 e. The van der Waals surface area contributed by atoms with Crippen LogP contribution in [-0.2, 0) is 0 Å². The molecule has 0 unspecified atom stereocenters. The number of aliphatic hydroxyl groups excluding tert-OH is 1. The first-order valence-electron chi connectivity index (χ1n) is 6.74. The minimum atomic E-state index is -0.437. The van der Waals surface area contributed by atoms with Gasteiger partial charge in [0.2, 0.25) is 0 Å². The Labute approximate surface area is 128 Å². The normalized spacial score (nSPS) is 25.4. The molecule has 1 aromatic heterocycles. The molecule has 3 atom stereocenters. The average Bonchev–Trinajstić information content (AvgIpc) is 2.92. The number of aliphatic hydroxyl groups is 1. The van der Waals surface area contributed by atoms with Gasteiger partial charge >= 0.3 is 0 Å². The molecule has 0 radical (unpaired) electrons. The molecule has 2 aromatic rings. The molecule has 1 heterocycles. The number of hydrogen-bond acceptors (Lipinski definition) is 4. The molecule has 0 spiro atoms. The molecule has 3 rings (SSSR count). The third-order valence-corrected chi connectivity index (χ3v) is 3.87. The molecule has 1 aliphatic rings. The third kappa shape index (κ3) is 3.23. The van der Waals surface area contributed by atoms with Crippen LogP contribution < -0.4 is 5.73 Å². The molecule has 0 amide bonds. The first-order chi connectivity index (χ1) is 9.65. The SMILES string of the molecule is Cl.N[C@@H]1C[C@@H](c2ncnn2-c2ccc(F)cc2)CC[C@H]1O. The predicted octanol–water partition coefficient (Wildman–Crippen LogP) is 1.78. The maximum atomic E-state index is 13.0. The maximum absolute atomic E-state index is 13.0. The third-order valence-electron chi connectivity index (χ3n) is 3.87. The molecule has 1 saturated carbocycles. The Hall–Kier alpha value is -1.50. The van der Waals surface area contributed by atoms with Gasteiger partial charge in [0, 0.05) is 12.0 Å². The predicted molar refractivity (Wildman–Crippen MR) is 79.1 cm³/mol. The summed E-state index contributed by atoms with van der Waals surface area (Å²) < 4.78 is 14.7. The second kappa shape index (κ2) is 6.51. The molecule has 0 saturated heterocycles. The second-order valence-electron chi connectivity index (χ2n) is 5.25. The first-order valence-corrected chi connectivity index (χ1v) is 6.74. The summed E-state index contributed by atoms with van der Waals surface area (Å²) in [4.78, 5) is 4.32. The Kier molecular flexibility index (Phi) is 4.92. The number of nitrogens with zero attached hydrogens (tertiary/aromatic N) is 3. The van der Waals surface area contributed by atoms with E-state index in [-0.39, 0.29) is 30.2 Å².